The molecule has 0 N–H and O–H groups in total. The molecule has 0 spiro atoms. The van der Waals surface area contributed by atoms with E-state index in [4.69, 9.17) is 14.2 Å². The molecule has 4 heteroatoms. The Morgan fingerprint density at radius 1 is 0.700 bits per heavy atom. The number of carbonyl (C=O) groups excluding carboxylic acids is 1. The molecule has 4 nitrogen and oxygen atoms in total. The van der Waals surface area contributed by atoms with Crippen LogP contribution in [0.5, 0.6) is 0 Å². The smallest absolute Gasteiger partial charge is 0.308 e. The fraction of sp³-hybridized carbons (Fsp3) is 0.962. The third-order valence-electron chi connectivity index (χ3n) is 9.05. The molecule has 0 aromatic carbocycles. The van der Waals surface area contributed by atoms with Gasteiger partial charge in [-0.15, -0.1) is 0 Å². The Morgan fingerprint density at radius 3 is 1.67 bits per heavy atom. The van der Waals surface area contributed by atoms with Gasteiger partial charge in [-0.25, -0.2) is 0 Å². The van der Waals surface area contributed by atoms with Crippen LogP contribution >= 0.6 is 0 Å². The van der Waals surface area contributed by atoms with Gasteiger partial charge >= 0.3 is 5.97 Å². The minimum absolute atomic E-state index is 0.0200. The summed E-state index contributed by atoms with van der Waals surface area (Å²) < 4.78 is 16.4. The predicted molar refractivity (Wildman–Crippen MR) is 118 cm³/mol. The predicted octanol–water partition coefficient (Wildman–Crippen LogP) is 6.12. The highest BCUT2D eigenvalue weighted by atomic mass is 16.7. The Morgan fingerprint density at radius 2 is 1.17 bits per heavy atom. The van der Waals surface area contributed by atoms with Crippen molar-refractivity contribution >= 4 is 5.97 Å². The molecule has 1 heterocycles. The molecule has 0 bridgehead atoms. The van der Waals surface area contributed by atoms with Crippen LogP contribution in [0.3, 0.4) is 0 Å². The summed E-state index contributed by atoms with van der Waals surface area (Å²) in [5.41, 5.74) is 0. The minimum atomic E-state index is 0.0200. The standard InChI is InChI=1S/C26H44O4/c1-28-26(27)24-14-12-23(13-15-24)22-10-8-21(9-11-22)20-6-3-19(4-7-20)5-16-25-29-17-2-18-30-25/h19-25H,2-18H2,1H3/t19-,20-,21-,22-,23-,24-. The van der Waals surface area contributed by atoms with Crippen molar-refractivity contribution < 1.29 is 19.0 Å². The van der Waals surface area contributed by atoms with Gasteiger partial charge in [-0.2, -0.15) is 0 Å². The van der Waals surface area contributed by atoms with Crippen molar-refractivity contribution in [1.82, 2.24) is 0 Å². The number of rotatable bonds is 6. The van der Waals surface area contributed by atoms with Crippen molar-refractivity contribution in [1.29, 1.82) is 0 Å². The molecule has 172 valence electrons. The lowest BCUT2D eigenvalue weighted by molar-refractivity contribution is -0.183. The average Bonchev–Trinajstić information content (AvgIpc) is 2.83. The van der Waals surface area contributed by atoms with E-state index in [1.807, 2.05) is 0 Å². The molecule has 0 amide bonds. The van der Waals surface area contributed by atoms with E-state index >= 15 is 0 Å². The summed E-state index contributed by atoms with van der Waals surface area (Å²) in [5.74, 6) is 4.86. The summed E-state index contributed by atoms with van der Waals surface area (Å²) in [6.07, 6.45) is 19.7. The maximum Gasteiger partial charge on any atom is 0.308 e. The summed E-state index contributed by atoms with van der Waals surface area (Å²) in [7, 11) is 1.53. The molecule has 0 atom stereocenters. The molecule has 0 radical (unpaired) electrons. The third-order valence-corrected chi connectivity index (χ3v) is 9.05. The van der Waals surface area contributed by atoms with Crippen LogP contribution in [0.1, 0.15) is 96.3 Å². The van der Waals surface area contributed by atoms with Gasteiger partial charge in [0.1, 0.15) is 0 Å². The van der Waals surface area contributed by atoms with Crippen molar-refractivity contribution in [3.63, 3.8) is 0 Å². The fourth-order valence-corrected chi connectivity index (χ4v) is 7.10. The first-order valence-corrected chi connectivity index (χ1v) is 13.0. The molecule has 0 aromatic heterocycles. The molecule has 4 fully saturated rings. The monoisotopic (exact) mass is 420 g/mol. The summed E-state index contributed by atoms with van der Waals surface area (Å²) in [4.78, 5) is 11.8. The van der Waals surface area contributed by atoms with Gasteiger partial charge in [-0.3, -0.25) is 4.79 Å². The van der Waals surface area contributed by atoms with E-state index in [1.54, 1.807) is 0 Å². The van der Waals surface area contributed by atoms with Crippen LogP contribution in [0.2, 0.25) is 0 Å². The van der Waals surface area contributed by atoms with Crippen LogP contribution in [0.25, 0.3) is 0 Å². The molecular formula is C26H44O4. The van der Waals surface area contributed by atoms with E-state index < -0.39 is 0 Å². The lowest BCUT2D eigenvalue weighted by Gasteiger charge is -2.41. The van der Waals surface area contributed by atoms with E-state index in [-0.39, 0.29) is 18.2 Å². The van der Waals surface area contributed by atoms with Crippen molar-refractivity contribution in [3.8, 4) is 0 Å². The van der Waals surface area contributed by atoms with E-state index in [0.29, 0.717) is 0 Å². The molecule has 0 aromatic rings. The first-order valence-electron chi connectivity index (χ1n) is 13.0. The van der Waals surface area contributed by atoms with Gasteiger partial charge in [0, 0.05) is 0 Å². The van der Waals surface area contributed by atoms with Crippen molar-refractivity contribution in [2.45, 2.75) is 103 Å². The zero-order chi connectivity index (χ0) is 20.8. The Labute approximate surface area is 183 Å². The summed E-state index contributed by atoms with van der Waals surface area (Å²) in [6, 6.07) is 0. The molecule has 3 saturated carbocycles. The molecule has 4 rings (SSSR count). The topological polar surface area (TPSA) is 44.8 Å². The van der Waals surface area contributed by atoms with E-state index in [0.717, 1.165) is 68.5 Å². The molecule has 1 aliphatic heterocycles. The number of methoxy groups -OCH3 is 1. The summed E-state index contributed by atoms with van der Waals surface area (Å²) in [5, 5.41) is 0. The Balaban J connectivity index is 1.11. The van der Waals surface area contributed by atoms with Gasteiger partial charge in [-0.1, -0.05) is 12.8 Å². The second kappa shape index (κ2) is 11.3. The molecule has 3 aliphatic carbocycles. The number of esters is 1. The van der Waals surface area contributed by atoms with Crippen LogP contribution in [-0.4, -0.2) is 32.6 Å². The number of hydrogen-bond acceptors (Lipinski definition) is 4. The first kappa shape index (κ1) is 22.6. The van der Waals surface area contributed by atoms with Gasteiger partial charge in [0.25, 0.3) is 0 Å². The zero-order valence-corrected chi connectivity index (χ0v) is 19.2. The Kier molecular flexibility index (Phi) is 8.51. The van der Waals surface area contributed by atoms with E-state index in [1.165, 1.54) is 77.7 Å². The summed E-state index contributed by atoms with van der Waals surface area (Å²) in [6.45, 7) is 1.76. The second-order valence-electron chi connectivity index (χ2n) is 10.7. The van der Waals surface area contributed by atoms with E-state index in [9.17, 15) is 4.79 Å². The van der Waals surface area contributed by atoms with Crippen LogP contribution < -0.4 is 0 Å². The van der Waals surface area contributed by atoms with Crippen LogP contribution in [0.15, 0.2) is 0 Å². The van der Waals surface area contributed by atoms with Crippen molar-refractivity contribution in [3.05, 3.63) is 0 Å². The molecule has 30 heavy (non-hydrogen) atoms. The quantitative estimate of drug-likeness (QED) is 0.485. The van der Waals surface area contributed by atoms with Crippen LogP contribution in [-0.2, 0) is 19.0 Å². The Hall–Kier alpha value is -0.610. The van der Waals surface area contributed by atoms with Crippen molar-refractivity contribution in [2.24, 2.45) is 35.5 Å². The number of hydrogen-bond donors (Lipinski definition) is 0. The minimum Gasteiger partial charge on any atom is -0.469 e. The molecular weight excluding hydrogens is 376 g/mol. The third kappa shape index (κ3) is 6.00. The molecule has 4 aliphatic rings. The highest BCUT2D eigenvalue weighted by Gasteiger charge is 2.36. The van der Waals surface area contributed by atoms with Gasteiger partial charge in [0.2, 0.25) is 0 Å². The van der Waals surface area contributed by atoms with E-state index in [2.05, 4.69) is 0 Å². The number of ether oxygens (including phenoxy) is 3. The SMILES string of the molecule is COC(=O)[C@H]1CC[C@H]([C@H]2CC[C@H]([C@H]3CC[C@H](CCC4OCCCO4)CC3)CC2)CC1. The van der Waals surface area contributed by atoms with Gasteiger partial charge in [0.15, 0.2) is 6.29 Å². The number of carbonyl (C=O) groups is 1. The maximum atomic E-state index is 11.8. The van der Waals surface area contributed by atoms with Crippen LogP contribution in [0, 0.1) is 35.5 Å². The van der Waals surface area contributed by atoms with Gasteiger partial charge in [0.05, 0.1) is 26.2 Å². The van der Waals surface area contributed by atoms with Crippen molar-refractivity contribution in [2.75, 3.05) is 20.3 Å². The molecule has 1 saturated heterocycles. The first-order chi connectivity index (χ1) is 14.7. The largest absolute Gasteiger partial charge is 0.469 e. The lowest BCUT2D eigenvalue weighted by atomic mass is 9.65. The normalized spacial score (nSPS) is 38.8. The van der Waals surface area contributed by atoms with Crippen LogP contribution in [0.4, 0.5) is 0 Å². The average molecular weight is 421 g/mol. The van der Waals surface area contributed by atoms with Gasteiger partial charge in [-0.05, 0) is 113 Å². The highest BCUT2D eigenvalue weighted by Crippen LogP contribution is 2.46. The highest BCUT2D eigenvalue weighted by molar-refractivity contribution is 5.72. The Bertz CT molecular complexity index is 505. The lowest BCUT2D eigenvalue weighted by Crippen LogP contribution is -2.31. The fourth-order valence-electron chi connectivity index (χ4n) is 7.10. The molecule has 0 unspecified atom stereocenters. The second-order valence-corrected chi connectivity index (χ2v) is 10.7. The zero-order valence-electron chi connectivity index (χ0n) is 19.2. The van der Waals surface area contributed by atoms with Gasteiger partial charge < -0.3 is 14.2 Å². The maximum absolute atomic E-state index is 11.8. The summed E-state index contributed by atoms with van der Waals surface area (Å²) >= 11 is 0.